The molecule has 0 amide bonds. The summed E-state index contributed by atoms with van der Waals surface area (Å²) in [7, 11) is 0. The molecule has 0 atom stereocenters. The van der Waals surface area contributed by atoms with Crippen LogP contribution < -0.4 is 0 Å². The topological polar surface area (TPSA) is 0 Å². The van der Waals surface area contributed by atoms with Crippen molar-refractivity contribution in [3.05, 3.63) is 0 Å². The van der Waals surface area contributed by atoms with Crippen LogP contribution in [0.25, 0.3) is 0 Å². The van der Waals surface area contributed by atoms with Gasteiger partial charge < -0.3 is 0 Å². The molecule has 4 heteroatoms. The standard InChI is InChI=1S/K.Na.Ni.Ti. The Morgan fingerprint density at radius 2 is 1.00 bits per heavy atom. The molecule has 0 bridgehead atoms. The van der Waals surface area contributed by atoms with Crippen LogP contribution in [0.5, 0.6) is 0 Å². The van der Waals surface area contributed by atoms with Crippen LogP contribution in [0, 0.1) is 0 Å². The van der Waals surface area contributed by atoms with Gasteiger partial charge in [0.15, 0.2) is 0 Å². The molecule has 0 aliphatic heterocycles. The largest absolute Gasteiger partial charge is 0 e. The predicted molar refractivity (Wildman–Crippen MR) is 11.5 cm³/mol. The summed E-state index contributed by atoms with van der Waals surface area (Å²) < 4.78 is 0. The molecule has 0 aromatic rings. The molecular formula is KNaNiTi. The van der Waals surface area contributed by atoms with Gasteiger partial charge in [0.25, 0.3) is 0 Å². The molecule has 0 N–H and O–H groups in total. The minimum absolute atomic E-state index is 0. The summed E-state index contributed by atoms with van der Waals surface area (Å²) in [5, 5.41) is 0. The summed E-state index contributed by atoms with van der Waals surface area (Å²) in [5.74, 6) is 0. The first-order chi connectivity index (χ1) is 0. The van der Waals surface area contributed by atoms with E-state index in [9.17, 15) is 0 Å². The predicted octanol–water partition coefficient (Wildman–Crippen LogP) is -0.767. The summed E-state index contributed by atoms with van der Waals surface area (Å²) in [6.45, 7) is 0. The Morgan fingerprint density at radius 3 is 1.00 bits per heavy atom. The zero-order chi connectivity index (χ0) is 0. The molecule has 0 unspecified atom stereocenters. The van der Waals surface area contributed by atoms with Crippen LogP contribution in [0.2, 0.25) is 0 Å². The fourth-order valence-electron chi connectivity index (χ4n) is 0. The maximum Gasteiger partial charge on any atom is 0 e. The van der Waals surface area contributed by atoms with Gasteiger partial charge in [0.05, 0.1) is 0 Å². The van der Waals surface area contributed by atoms with E-state index in [1.807, 2.05) is 0 Å². The van der Waals surface area contributed by atoms with Crippen molar-refractivity contribution < 1.29 is 38.2 Å². The second-order valence-electron chi connectivity index (χ2n) is 0. The third kappa shape index (κ3) is 9.28. The Kier molecular flexibility index (Phi) is 98.3. The fraction of sp³-hybridized carbons (Fsp3) is 0. The molecule has 0 nitrogen and oxygen atoms in total. The summed E-state index contributed by atoms with van der Waals surface area (Å²) in [4.78, 5) is 0. The van der Waals surface area contributed by atoms with Crippen LogP contribution in [-0.4, -0.2) is 80.9 Å². The van der Waals surface area contributed by atoms with Gasteiger partial charge in [0, 0.05) is 119 Å². The zero-order valence-electron chi connectivity index (χ0n) is 2.82. The van der Waals surface area contributed by atoms with E-state index in [4.69, 9.17) is 0 Å². The molecule has 0 saturated heterocycles. The van der Waals surface area contributed by atoms with Crippen LogP contribution in [-0.2, 0) is 38.2 Å². The molecular weight excluding hydrogens is 169 g/mol. The van der Waals surface area contributed by atoms with E-state index in [0.29, 0.717) is 0 Å². The Balaban J connectivity index is 0. The van der Waals surface area contributed by atoms with Gasteiger partial charge in [-0.05, 0) is 0 Å². The molecule has 0 aromatic carbocycles. The van der Waals surface area contributed by atoms with Crippen molar-refractivity contribution in [3.8, 4) is 0 Å². The van der Waals surface area contributed by atoms with Crippen molar-refractivity contribution in [2.24, 2.45) is 0 Å². The van der Waals surface area contributed by atoms with Gasteiger partial charge in [-0.1, -0.05) is 0 Å². The average molecular weight is 169 g/mol. The number of hydrogen-bond acceptors (Lipinski definition) is 0. The molecule has 16 valence electrons. The molecule has 0 aliphatic carbocycles. The van der Waals surface area contributed by atoms with Crippen molar-refractivity contribution in [3.63, 3.8) is 0 Å². The summed E-state index contributed by atoms with van der Waals surface area (Å²) in [6.07, 6.45) is 0. The summed E-state index contributed by atoms with van der Waals surface area (Å²) in [5.41, 5.74) is 0. The van der Waals surface area contributed by atoms with Crippen molar-refractivity contribution in [2.45, 2.75) is 0 Å². The first-order valence-electron chi connectivity index (χ1n) is 0. The molecule has 0 aliphatic rings. The minimum Gasteiger partial charge on any atom is 0 e. The van der Waals surface area contributed by atoms with E-state index in [-0.39, 0.29) is 119 Å². The van der Waals surface area contributed by atoms with E-state index >= 15 is 0 Å². The minimum atomic E-state index is 0. The molecule has 4 heavy (non-hydrogen) atoms. The van der Waals surface area contributed by atoms with Gasteiger partial charge in [-0.15, -0.1) is 0 Å². The van der Waals surface area contributed by atoms with Gasteiger partial charge in [0.2, 0.25) is 0 Å². The summed E-state index contributed by atoms with van der Waals surface area (Å²) in [6, 6.07) is 0. The Hall–Kier alpha value is 3.84. The average Bonchev–Trinajstić information content (AvgIpc) is 0. The third-order valence-corrected chi connectivity index (χ3v) is 0. The van der Waals surface area contributed by atoms with Crippen LogP contribution in [0.3, 0.4) is 0 Å². The van der Waals surface area contributed by atoms with E-state index < -0.39 is 0 Å². The first kappa shape index (κ1) is 24.9. The molecule has 0 spiro atoms. The second-order valence-corrected chi connectivity index (χ2v) is 0. The van der Waals surface area contributed by atoms with Crippen LogP contribution in [0.1, 0.15) is 0 Å². The number of hydrogen-bond donors (Lipinski definition) is 0. The SMILES string of the molecule is [K].[Na].[Ni].[Ti]. The molecule has 0 fully saturated rings. The first-order valence-corrected chi connectivity index (χ1v) is 0. The van der Waals surface area contributed by atoms with Gasteiger partial charge in [-0.25, -0.2) is 0 Å². The smallest absolute Gasteiger partial charge is 0 e. The zero-order valence-corrected chi connectivity index (χ0v) is 10.5. The van der Waals surface area contributed by atoms with Crippen LogP contribution in [0.15, 0.2) is 0 Å². The van der Waals surface area contributed by atoms with Crippen molar-refractivity contribution in [1.29, 1.82) is 0 Å². The third-order valence-electron chi connectivity index (χ3n) is 0. The van der Waals surface area contributed by atoms with Gasteiger partial charge in [0.1, 0.15) is 0 Å². The normalized spacial score (nSPS) is 0. The van der Waals surface area contributed by atoms with Crippen molar-refractivity contribution >= 4 is 80.9 Å². The van der Waals surface area contributed by atoms with Gasteiger partial charge in [-0.3, -0.25) is 0 Å². The van der Waals surface area contributed by atoms with E-state index in [1.165, 1.54) is 0 Å². The van der Waals surface area contributed by atoms with Crippen LogP contribution in [0.4, 0.5) is 0 Å². The van der Waals surface area contributed by atoms with Crippen molar-refractivity contribution in [1.82, 2.24) is 0 Å². The quantitative estimate of drug-likeness (QED) is 0.417. The molecule has 0 heterocycles. The monoisotopic (exact) mass is 168 g/mol. The summed E-state index contributed by atoms with van der Waals surface area (Å²) >= 11 is 0. The Morgan fingerprint density at radius 1 is 1.00 bits per heavy atom. The van der Waals surface area contributed by atoms with E-state index in [1.54, 1.807) is 0 Å². The molecule has 2 radical (unpaired) electrons. The van der Waals surface area contributed by atoms with Gasteiger partial charge in [-0.2, -0.15) is 0 Å². The van der Waals surface area contributed by atoms with Gasteiger partial charge >= 0.3 is 0 Å². The maximum atomic E-state index is 0. The maximum absolute atomic E-state index is 0. The molecule has 0 saturated carbocycles. The molecule has 0 aromatic heterocycles. The van der Waals surface area contributed by atoms with E-state index in [2.05, 4.69) is 0 Å². The fourth-order valence-corrected chi connectivity index (χ4v) is 0. The second kappa shape index (κ2) is 15.8. The van der Waals surface area contributed by atoms with Crippen LogP contribution >= 0.6 is 0 Å². The molecule has 0 rings (SSSR count). The van der Waals surface area contributed by atoms with E-state index in [0.717, 1.165) is 0 Å². The Bertz CT molecular complexity index is 8.00. The number of rotatable bonds is 0. The van der Waals surface area contributed by atoms with Crippen molar-refractivity contribution in [2.75, 3.05) is 0 Å². The Labute approximate surface area is 116 Å².